The molecule has 2 aromatic rings. The van der Waals surface area contributed by atoms with Crippen LogP contribution in [0.3, 0.4) is 0 Å². The molecule has 7 rings (SSSR count). The van der Waals surface area contributed by atoms with E-state index in [4.69, 9.17) is 4.74 Å². The summed E-state index contributed by atoms with van der Waals surface area (Å²) in [4.78, 5) is 55.6. The summed E-state index contributed by atoms with van der Waals surface area (Å²) in [5.41, 5.74) is 0.180. The molecule has 0 saturated heterocycles. The number of aryl methyl sites for hydroxylation is 2. The molecule has 34 heavy (non-hydrogen) atoms. The van der Waals surface area contributed by atoms with Gasteiger partial charge in [-0.25, -0.2) is 14.6 Å². The van der Waals surface area contributed by atoms with Crippen LogP contribution in [0, 0.1) is 24.7 Å². The molecule has 0 spiro atoms. The monoisotopic (exact) mass is 484 g/mol. The Balaban J connectivity index is 1.07. The van der Waals surface area contributed by atoms with Crippen LogP contribution < -0.4 is 16.2 Å². The van der Waals surface area contributed by atoms with Gasteiger partial charge in [0, 0.05) is 18.5 Å². The molecule has 1 aliphatic heterocycles. The molecular weight excluding hydrogens is 456 g/mol. The minimum Gasteiger partial charge on any atom is -0.451 e. The normalized spacial score (nSPS) is 28.7. The third kappa shape index (κ3) is 3.62. The van der Waals surface area contributed by atoms with E-state index < -0.39 is 24.5 Å². The number of thiophene rings is 1. The van der Waals surface area contributed by atoms with E-state index in [-0.39, 0.29) is 16.0 Å². The number of hydrogen-bond donors (Lipinski definition) is 2. The highest BCUT2D eigenvalue weighted by Crippen LogP contribution is 2.55. The highest BCUT2D eigenvalue weighted by atomic mass is 32.1. The van der Waals surface area contributed by atoms with E-state index in [0.29, 0.717) is 40.1 Å². The zero-order chi connectivity index (χ0) is 23.6. The van der Waals surface area contributed by atoms with E-state index in [2.05, 4.69) is 15.6 Å². The van der Waals surface area contributed by atoms with Crippen LogP contribution in [0.4, 0.5) is 4.79 Å². The number of esters is 1. The largest absolute Gasteiger partial charge is 0.451 e. The summed E-state index contributed by atoms with van der Waals surface area (Å²) >= 11 is 1.10. The van der Waals surface area contributed by atoms with E-state index >= 15 is 0 Å². The number of rotatable bonds is 4. The maximum absolute atomic E-state index is 12.8. The molecule has 3 amide bonds. The molecule has 0 radical (unpaired) electrons. The maximum atomic E-state index is 12.8. The number of aromatic nitrogens is 2. The van der Waals surface area contributed by atoms with Crippen LogP contribution in [-0.2, 0) is 22.5 Å². The Bertz CT molecular complexity index is 1240. The van der Waals surface area contributed by atoms with Gasteiger partial charge in [-0.15, -0.1) is 11.3 Å². The molecule has 0 unspecified atom stereocenters. The van der Waals surface area contributed by atoms with E-state index in [0.717, 1.165) is 49.3 Å². The standard InChI is InChI=1S/C24H28N4O5S/c1-12-18-20(25-16-3-2-4-28(16)21(18)30)34-19(12)22(31)33-11-17(29)26-23(32)27-24-8-13-5-14(9-24)7-15(6-13)10-24/h13-15H,2-11H2,1H3,(H2,26,27,29,32). The molecule has 5 aliphatic rings. The van der Waals surface area contributed by atoms with E-state index in [1.54, 1.807) is 11.5 Å². The number of amides is 3. The summed E-state index contributed by atoms with van der Waals surface area (Å²) in [5.74, 6) is 1.40. The molecule has 10 heteroatoms. The Morgan fingerprint density at radius 1 is 1.15 bits per heavy atom. The topological polar surface area (TPSA) is 119 Å². The number of nitrogens with zero attached hydrogens (tertiary/aromatic N) is 2. The predicted octanol–water partition coefficient (Wildman–Crippen LogP) is 2.66. The Kier molecular flexibility index (Phi) is 5.05. The quantitative estimate of drug-likeness (QED) is 0.644. The molecule has 0 atom stereocenters. The van der Waals surface area contributed by atoms with Gasteiger partial charge in [-0.05, 0) is 75.2 Å². The van der Waals surface area contributed by atoms with Crippen LogP contribution in [0.2, 0.25) is 0 Å². The highest BCUT2D eigenvalue weighted by molar-refractivity contribution is 7.20. The highest BCUT2D eigenvalue weighted by Gasteiger charge is 2.51. The fraction of sp³-hybridized carbons (Fsp3) is 0.625. The van der Waals surface area contributed by atoms with Gasteiger partial charge in [0.25, 0.3) is 11.5 Å². The molecule has 4 bridgehead atoms. The molecule has 4 saturated carbocycles. The number of hydrogen-bond acceptors (Lipinski definition) is 7. The summed E-state index contributed by atoms with van der Waals surface area (Å²) in [5, 5.41) is 5.82. The van der Waals surface area contributed by atoms with Gasteiger partial charge in [0.1, 0.15) is 15.5 Å². The number of fused-ring (bicyclic) bond motifs is 2. The Morgan fingerprint density at radius 3 is 2.50 bits per heavy atom. The third-order valence-electron chi connectivity index (χ3n) is 8.10. The van der Waals surface area contributed by atoms with Crippen LogP contribution in [0.15, 0.2) is 4.79 Å². The van der Waals surface area contributed by atoms with Crippen molar-refractivity contribution < 1.29 is 19.1 Å². The van der Waals surface area contributed by atoms with Gasteiger partial charge in [0.2, 0.25) is 0 Å². The first-order chi connectivity index (χ1) is 16.3. The zero-order valence-electron chi connectivity index (χ0n) is 19.1. The van der Waals surface area contributed by atoms with Crippen molar-refractivity contribution in [1.29, 1.82) is 0 Å². The fourth-order valence-corrected chi connectivity index (χ4v) is 8.25. The Labute approximate surface area is 200 Å². The average molecular weight is 485 g/mol. The van der Waals surface area contributed by atoms with Crippen molar-refractivity contribution in [3.05, 3.63) is 26.6 Å². The second-order valence-corrected chi connectivity index (χ2v) is 11.6. The first kappa shape index (κ1) is 21.8. The van der Waals surface area contributed by atoms with Crippen LogP contribution >= 0.6 is 11.3 Å². The third-order valence-corrected chi connectivity index (χ3v) is 9.27. The van der Waals surface area contributed by atoms with Crippen LogP contribution in [-0.4, -0.2) is 39.6 Å². The molecule has 180 valence electrons. The Morgan fingerprint density at radius 2 is 1.82 bits per heavy atom. The van der Waals surface area contributed by atoms with Crippen molar-refractivity contribution in [1.82, 2.24) is 20.2 Å². The van der Waals surface area contributed by atoms with Crippen molar-refractivity contribution in [2.24, 2.45) is 17.8 Å². The summed E-state index contributed by atoms with van der Waals surface area (Å²) < 4.78 is 6.84. The number of nitrogens with one attached hydrogen (secondary N) is 2. The van der Waals surface area contributed by atoms with Crippen LogP contribution in [0.1, 0.15) is 66.0 Å². The Hall–Kier alpha value is -2.75. The summed E-state index contributed by atoms with van der Waals surface area (Å²) in [6.45, 7) is 1.76. The predicted molar refractivity (Wildman–Crippen MR) is 125 cm³/mol. The van der Waals surface area contributed by atoms with Crippen molar-refractivity contribution in [3.8, 4) is 0 Å². The summed E-state index contributed by atoms with van der Waals surface area (Å²) in [7, 11) is 0. The fourth-order valence-electron chi connectivity index (χ4n) is 7.17. The smallest absolute Gasteiger partial charge is 0.349 e. The van der Waals surface area contributed by atoms with Crippen molar-refractivity contribution in [2.45, 2.75) is 70.4 Å². The lowest BCUT2D eigenvalue weighted by atomic mass is 9.53. The lowest BCUT2D eigenvalue weighted by Crippen LogP contribution is -2.62. The van der Waals surface area contributed by atoms with Gasteiger partial charge in [-0.3, -0.25) is 19.5 Å². The van der Waals surface area contributed by atoms with Crippen molar-refractivity contribution in [3.63, 3.8) is 0 Å². The van der Waals surface area contributed by atoms with Gasteiger partial charge in [-0.2, -0.15) is 0 Å². The van der Waals surface area contributed by atoms with Crippen molar-refractivity contribution in [2.75, 3.05) is 6.61 Å². The number of urea groups is 1. The lowest BCUT2D eigenvalue weighted by Gasteiger charge is -2.56. The van der Waals surface area contributed by atoms with Crippen molar-refractivity contribution >= 4 is 39.5 Å². The number of carbonyl (C=O) groups is 3. The zero-order valence-corrected chi connectivity index (χ0v) is 20.0. The molecule has 3 heterocycles. The first-order valence-corrected chi connectivity index (χ1v) is 12.9. The molecule has 2 N–H and O–H groups in total. The minimum absolute atomic E-state index is 0.135. The molecule has 4 fully saturated rings. The van der Waals surface area contributed by atoms with Gasteiger partial charge in [0.15, 0.2) is 6.61 Å². The van der Waals surface area contributed by atoms with Gasteiger partial charge in [0.05, 0.1) is 5.39 Å². The van der Waals surface area contributed by atoms with Crippen LogP contribution in [0.5, 0.6) is 0 Å². The number of imide groups is 1. The second kappa shape index (κ2) is 7.90. The molecular formula is C24H28N4O5S. The van der Waals surface area contributed by atoms with Gasteiger partial charge in [-0.1, -0.05) is 0 Å². The second-order valence-electron chi connectivity index (χ2n) is 10.6. The molecule has 9 nitrogen and oxygen atoms in total. The summed E-state index contributed by atoms with van der Waals surface area (Å²) in [6.07, 6.45) is 8.37. The lowest BCUT2D eigenvalue weighted by molar-refractivity contribution is -0.123. The number of carbonyl (C=O) groups excluding carboxylic acids is 3. The van der Waals surface area contributed by atoms with E-state index in [1.165, 1.54) is 19.3 Å². The molecule has 0 aromatic carbocycles. The first-order valence-electron chi connectivity index (χ1n) is 12.1. The van der Waals surface area contributed by atoms with Gasteiger partial charge >= 0.3 is 12.0 Å². The molecule has 2 aromatic heterocycles. The number of ether oxygens (including phenoxy) is 1. The molecule has 4 aliphatic carbocycles. The SMILES string of the molecule is Cc1c(C(=O)OCC(=O)NC(=O)NC23CC4CC(CC(C4)C2)C3)sc2nc3n(c(=O)c12)CCC3. The summed E-state index contributed by atoms with van der Waals surface area (Å²) in [6, 6.07) is -0.521. The van der Waals surface area contributed by atoms with E-state index in [9.17, 15) is 19.2 Å². The minimum atomic E-state index is -0.693. The maximum Gasteiger partial charge on any atom is 0.349 e. The van der Waals surface area contributed by atoms with Crippen LogP contribution in [0.25, 0.3) is 10.2 Å². The van der Waals surface area contributed by atoms with E-state index in [1.807, 2.05) is 0 Å². The average Bonchev–Trinajstić information content (AvgIpc) is 3.35. The van der Waals surface area contributed by atoms with Gasteiger partial charge < -0.3 is 10.1 Å².